The first-order chi connectivity index (χ1) is 9.99. The van der Waals surface area contributed by atoms with Crippen LogP contribution in [0.3, 0.4) is 0 Å². The Bertz CT molecular complexity index is 471. The van der Waals surface area contributed by atoms with Gasteiger partial charge < -0.3 is 20.1 Å². The summed E-state index contributed by atoms with van der Waals surface area (Å²) in [4.78, 5) is 14.4. The Morgan fingerprint density at radius 3 is 2.57 bits per heavy atom. The van der Waals surface area contributed by atoms with Gasteiger partial charge in [-0.2, -0.15) is 0 Å². The lowest BCUT2D eigenvalue weighted by Crippen LogP contribution is -2.55. The molecule has 5 heteroatoms. The van der Waals surface area contributed by atoms with Gasteiger partial charge in [-0.25, -0.2) is 0 Å². The number of hydrogen-bond donors (Lipinski definition) is 2. The van der Waals surface area contributed by atoms with Crippen LogP contribution >= 0.6 is 0 Å². The summed E-state index contributed by atoms with van der Waals surface area (Å²) in [5, 5.41) is 12.5. The molecule has 2 N–H and O–H groups in total. The fraction of sp³-hybridized carbons (Fsp3) is 0.562. The number of anilines is 1. The largest absolute Gasteiger partial charge is 0.389 e. The Kier molecular flexibility index (Phi) is 5.20. The van der Waals surface area contributed by atoms with E-state index in [4.69, 9.17) is 4.74 Å². The summed E-state index contributed by atoms with van der Waals surface area (Å²) in [7, 11) is 0. The van der Waals surface area contributed by atoms with Crippen LogP contribution in [-0.4, -0.2) is 42.9 Å². The minimum absolute atomic E-state index is 0.00990. The highest BCUT2D eigenvalue weighted by Crippen LogP contribution is 2.22. The van der Waals surface area contributed by atoms with Crippen LogP contribution in [0.5, 0.6) is 0 Å². The summed E-state index contributed by atoms with van der Waals surface area (Å²) in [5.41, 5.74) is 1.85. The number of morpholine rings is 1. The minimum Gasteiger partial charge on any atom is -0.389 e. The molecule has 1 aromatic rings. The molecule has 5 nitrogen and oxygen atoms in total. The van der Waals surface area contributed by atoms with E-state index in [1.165, 1.54) is 0 Å². The first-order valence-corrected chi connectivity index (χ1v) is 7.42. The van der Waals surface area contributed by atoms with Crippen molar-refractivity contribution in [3.8, 4) is 0 Å². The molecule has 0 saturated carbocycles. The zero-order valence-corrected chi connectivity index (χ0v) is 12.9. The summed E-state index contributed by atoms with van der Waals surface area (Å²) >= 11 is 0. The van der Waals surface area contributed by atoms with Crippen LogP contribution in [0.4, 0.5) is 5.69 Å². The van der Waals surface area contributed by atoms with E-state index in [-0.39, 0.29) is 18.0 Å². The fourth-order valence-corrected chi connectivity index (χ4v) is 2.45. The molecule has 2 rings (SSSR count). The van der Waals surface area contributed by atoms with E-state index in [0.717, 1.165) is 11.3 Å². The predicted octanol–water partition coefficient (Wildman–Crippen LogP) is 1.47. The molecule has 0 spiro atoms. The number of aliphatic hydroxyl groups is 1. The van der Waals surface area contributed by atoms with Crippen LogP contribution in [0.1, 0.15) is 32.4 Å². The van der Waals surface area contributed by atoms with E-state index in [0.29, 0.717) is 19.8 Å². The van der Waals surface area contributed by atoms with Crippen LogP contribution in [0.25, 0.3) is 0 Å². The normalized spacial score (nSPS) is 20.4. The van der Waals surface area contributed by atoms with Crippen molar-refractivity contribution < 1.29 is 14.6 Å². The molecule has 1 amide bonds. The second-order valence-electron chi connectivity index (χ2n) is 5.71. The molecule has 1 fully saturated rings. The number of nitrogens with zero attached hydrogens (tertiary/aromatic N) is 1. The van der Waals surface area contributed by atoms with Crippen molar-refractivity contribution in [3.05, 3.63) is 29.8 Å². The van der Waals surface area contributed by atoms with E-state index in [1.54, 1.807) is 6.92 Å². The highest BCUT2D eigenvalue weighted by Gasteiger charge is 2.29. The first kappa shape index (κ1) is 15.8. The van der Waals surface area contributed by atoms with Crippen molar-refractivity contribution in [3.63, 3.8) is 0 Å². The molecule has 0 radical (unpaired) electrons. The van der Waals surface area contributed by atoms with E-state index >= 15 is 0 Å². The van der Waals surface area contributed by atoms with Crippen molar-refractivity contribution in [2.75, 3.05) is 24.7 Å². The average molecular weight is 292 g/mol. The van der Waals surface area contributed by atoms with Crippen molar-refractivity contribution in [2.45, 2.75) is 39.0 Å². The molecule has 1 saturated heterocycles. The highest BCUT2D eigenvalue weighted by atomic mass is 16.5. The molecule has 0 bridgehead atoms. The topological polar surface area (TPSA) is 61.8 Å². The second kappa shape index (κ2) is 6.91. The van der Waals surface area contributed by atoms with Crippen LogP contribution in [-0.2, 0) is 9.53 Å². The summed E-state index contributed by atoms with van der Waals surface area (Å²) in [5.74, 6) is -0.00990. The summed E-state index contributed by atoms with van der Waals surface area (Å²) in [6, 6.07) is 7.49. The molecule has 0 aromatic heterocycles. The van der Waals surface area contributed by atoms with Crippen LogP contribution < -0.4 is 10.2 Å². The third-order valence-corrected chi connectivity index (χ3v) is 3.57. The number of ether oxygens (including phenoxy) is 1. The molecule has 116 valence electrons. The number of amides is 1. The summed E-state index contributed by atoms with van der Waals surface area (Å²) in [6.45, 7) is 7.33. The zero-order chi connectivity index (χ0) is 15.4. The van der Waals surface area contributed by atoms with Gasteiger partial charge in [0.15, 0.2) is 0 Å². The monoisotopic (exact) mass is 292 g/mol. The number of carbonyl (C=O) groups is 1. The predicted molar refractivity (Wildman–Crippen MR) is 82.3 cm³/mol. The van der Waals surface area contributed by atoms with Gasteiger partial charge in [0.25, 0.3) is 0 Å². The van der Waals surface area contributed by atoms with Gasteiger partial charge in [0, 0.05) is 18.3 Å². The molecular formula is C16H24N2O3. The van der Waals surface area contributed by atoms with Crippen molar-refractivity contribution in [2.24, 2.45) is 0 Å². The Hall–Kier alpha value is -1.59. The van der Waals surface area contributed by atoms with Crippen molar-refractivity contribution >= 4 is 11.6 Å². The van der Waals surface area contributed by atoms with Gasteiger partial charge in [0.2, 0.25) is 5.91 Å². The third-order valence-electron chi connectivity index (χ3n) is 3.57. The van der Waals surface area contributed by atoms with Crippen LogP contribution in [0.15, 0.2) is 24.3 Å². The maximum atomic E-state index is 12.3. The Labute approximate surface area is 125 Å². The molecular weight excluding hydrogens is 268 g/mol. The number of benzene rings is 1. The smallest absolute Gasteiger partial charge is 0.245 e. The van der Waals surface area contributed by atoms with Gasteiger partial charge in [-0.3, -0.25) is 4.79 Å². The third kappa shape index (κ3) is 3.95. The fourth-order valence-electron chi connectivity index (χ4n) is 2.45. The van der Waals surface area contributed by atoms with E-state index in [9.17, 15) is 9.90 Å². The van der Waals surface area contributed by atoms with Gasteiger partial charge in [0.1, 0.15) is 6.04 Å². The molecule has 1 aliphatic heterocycles. The zero-order valence-electron chi connectivity index (χ0n) is 12.9. The Morgan fingerprint density at radius 2 is 2.00 bits per heavy atom. The minimum atomic E-state index is -0.483. The van der Waals surface area contributed by atoms with Gasteiger partial charge in [-0.1, -0.05) is 12.1 Å². The van der Waals surface area contributed by atoms with Gasteiger partial charge in [0.05, 0.1) is 19.3 Å². The highest BCUT2D eigenvalue weighted by molar-refractivity contribution is 5.85. The van der Waals surface area contributed by atoms with Crippen LogP contribution in [0, 0.1) is 0 Å². The summed E-state index contributed by atoms with van der Waals surface area (Å²) < 4.78 is 5.46. The SMILES string of the molecule is CC(C)NC(=O)C1COCCN1c1ccc([C@@H](C)O)cc1. The Balaban J connectivity index is 2.16. The number of carbonyl (C=O) groups excluding carboxylic acids is 1. The molecule has 2 atom stereocenters. The van der Waals surface area contributed by atoms with E-state index in [2.05, 4.69) is 10.2 Å². The number of nitrogens with one attached hydrogen (secondary N) is 1. The number of hydrogen-bond acceptors (Lipinski definition) is 4. The second-order valence-corrected chi connectivity index (χ2v) is 5.71. The molecule has 1 aromatic carbocycles. The average Bonchev–Trinajstić information content (AvgIpc) is 2.46. The van der Waals surface area contributed by atoms with Crippen molar-refractivity contribution in [1.82, 2.24) is 5.32 Å². The van der Waals surface area contributed by atoms with E-state index in [1.807, 2.05) is 38.1 Å². The quantitative estimate of drug-likeness (QED) is 0.882. The van der Waals surface area contributed by atoms with Crippen molar-refractivity contribution in [1.29, 1.82) is 0 Å². The lowest BCUT2D eigenvalue weighted by atomic mass is 10.1. The molecule has 1 unspecified atom stereocenters. The molecule has 21 heavy (non-hydrogen) atoms. The van der Waals surface area contributed by atoms with Gasteiger partial charge >= 0.3 is 0 Å². The summed E-state index contributed by atoms with van der Waals surface area (Å²) in [6.07, 6.45) is -0.483. The lowest BCUT2D eigenvalue weighted by molar-refractivity contribution is -0.125. The van der Waals surface area contributed by atoms with Gasteiger partial charge in [-0.05, 0) is 38.5 Å². The van der Waals surface area contributed by atoms with Crippen LogP contribution in [0.2, 0.25) is 0 Å². The number of aliphatic hydroxyl groups excluding tert-OH is 1. The molecule has 1 aliphatic rings. The molecule has 1 heterocycles. The van der Waals surface area contributed by atoms with Gasteiger partial charge in [-0.15, -0.1) is 0 Å². The number of rotatable bonds is 4. The molecule has 0 aliphatic carbocycles. The maximum Gasteiger partial charge on any atom is 0.245 e. The lowest BCUT2D eigenvalue weighted by Gasteiger charge is -2.36. The Morgan fingerprint density at radius 1 is 1.33 bits per heavy atom. The maximum absolute atomic E-state index is 12.3. The first-order valence-electron chi connectivity index (χ1n) is 7.42. The van der Waals surface area contributed by atoms with E-state index < -0.39 is 6.10 Å². The standard InChI is InChI=1S/C16H24N2O3/c1-11(2)17-16(20)15-10-21-9-8-18(15)14-6-4-13(5-7-14)12(3)19/h4-7,11-12,15,19H,8-10H2,1-3H3,(H,17,20)/t12-,15?/m1/s1.